The molecule has 1 heterocycles. The van der Waals surface area contributed by atoms with Gasteiger partial charge in [0.15, 0.2) is 5.69 Å². The third-order valence-corrected chi connectivity index (χ3v) is 4.11. The average Bonchev–Trinajstić information content (AvgIpc) is 2.83. The second-order valence-electron chi connectivity index (χ2n) is 6.75. The Morgan fingerprint density at radius 3 is 2.23 bits per heavy atom. The second kappa shape index (κ2) is 12.7. The van der Waals surface area contributed by atoms with Gasteiger partial charge in [0.25, 0.3) is 0 Å². The van der Waals surface area contributed by atoms with E-state index in [1.165, 1.54) is 31.2 Å². The number of nitriles is 1. The van der Waals surface area contributed by atoms with Crippen LogP contribution in [0.4, 0.5) is 24.8 Å². The first-order valence-electron chi connectivity index (χ1n) is 10.2. The van der Waals surface area contributed by atoms with Crippen LogP contribution in [0, 0.1) is 11.3 Å². The quantitative estimate of drug-likeness (QED) is 0.482. The zero-order valence-corrected chi connectivity index (χ0v) is 18.8. The fourth-order valence-electron chi connectivity index (χ4n) is 2.57. The largest absolute Gasteiger partial charge is 0.466 e. The number of hydrogen-bond acceptors (Lipinski definition) is 8. The highest BCUT2D eigenvalue weighted by Gasteiger charge is 2.38. The highest BCUT2D eigenvalue weighted by molar-refractivity contribution is 5.90. The van der Waals surface area contributed by atoms with Crippen LogP contribution in [0.1, 0.15) is 41.0 Å². The monoisotopic (exact) mass is 486 g/mol. The molecule has 0 aliphatic rings. The fraction of sp³-hybridized carbons (Fsp3) is 0.208. The summed E-state index contributed by atoms with van der Waals surface area (Å²) >= 11 is 0. The van der Waals surface area contributed by atoms with Crippen molar-refractivity contribution in [1.29, 1.82) is 5.26 Å². The van der Waals surface area contributed by atoms with Crippen molar-refractivity contribution in [2.75, 3.05) is 11.9 Å². The molecule has 182 valence electrons. The topological polar surface area (TPSA) is 114 Å². The molecule has 0 fully saturated rings. The van der Waals surface area contributed by atoms with E-state index >= 15 is 0 Å². The molecule has 0 aliphatic carbocycles. The summed E-state index contributed by atoms with van der Waals surface area (Å²) in [6.07, 6.45) is -4.11. The number of nitrogens with zero attached hydrogens (tertiary/aromatic N) is 3. The van der Waals surface area contributed by atoms with Gasteiger partial charge in [-0.15, -0.1) is 0 Å². The molecule has 0 saturated carbocycles. The Morgan fingerprint density at radius 2 is 1.71 bits per heavy atom. The van der Waals surface area contributed by atoms with Crippen molar-refractivity contribution in [3.05, 3.63) is 83.2 Å². The van der Waals surface area contributed by atoms with Crippen LogP contribution < -0.4 is 5.32 Å². The standard InChI is InChI=1S/C20H13F3N4O2.C4H8O2/c21-20(22,23)17-16(18(28)29-12-14-4-2-1-3-5-14)11-25-19(27-17)26-15-8-6-13(10-24)7-9-15;1-3-6-4(2)5/h1-9,11H,12H2,(H,25,26,27);3H2,1-2H3. The Hall–Kier alpha value is -4.46. The summed E-state index contributed by atoms with van der Waals surface area (Å²) in [6, 6.07) is 16.5. The van der Waals surface area contributed by atoms with Gasteiger partial charge in [-0.05, 0) is 36.8 Å². The van der Waals surface area contributed by atoms with Crippen LogP contribution in [0.25, 0.3) is 0 Å². The Balaban J connectivity index is 0.000000641. The predicted molar refractivity (Wildman–Crippen MR) is 119 cm³/mol. The van der Waals surface area contributed by atoms with Gasteiger partial charge >= 0.3 is 18.1 Å². The number of hydrogen-bond donors (Lipinski definition) is 1. The second-order valence-corrected chi connectivity index (χ2v) is 6.75. The zero-order chi connectivity index (χ0) is 25.8. The molecule has 2 aromatic carbocycles. The number of benzene rings is 2. The summed E-state index contributed by atoms with van der Waals surface area (Å²) in [6.45, 7) is 3.47. The van der Waals surface area contributed by atoms with E-state index in [1.54, 1.807) is 37.3 Å². The van der Waals surface area contributed by atoms with E-state index in [1.807, 2.05) is 6.07 Å². The molecule has 1 aromatic heterocycles. The minimum atomic E-state index is -4.88. The van der Waals surface area contributed by atoms with Crippen molar-refractivity contribution in [3.8, 4) is 6.07 Å². The zero-order valence-electron chi connectivity index (χ0n) is 18.8. The Morgan fingerprint density at radius 1 is 1.06 bits per heavy atom. The highest BCUT2D eigenvalue weighted by atomic mass is 19.4. The number of alkyl halides is 3. The summed E-state index contributed by atoms with van der Waals surface area (Å²) in [4.78, 5) is 29.2. The number of halogens is 3. The first-order chi connectivity index (χ1) is 16.6. The molecule has 0 saturated heterocycles. The molecule has 1 N–H and O–H groups in total. The summed E-state index contributed by atoms with van der Waals surface area (Å²) in [7, 11) is 0. The molecule has 0 bridgehead atoms. The van der Waals surface area contributed by atoms with Crippen molar-refractivity contribution in [3.63, 3.8) is 0 Å². The van der Waals surface area contributed by atoms with E-state index < -0.39 is 23.4 Å². The lowest BCUT2D eigenvalue weighted by Crippen LogP contribution is -2.19. The van der Waals surface area contributed by atoms with Crippen molar-refractivity contribution < 1.29 is 32.2 Å². The summed E-state index contributed by atoms with van der Waals surface area (Å²) in [5.74, 6) is -1.73. The molecule has 0 unspecified atom stereocenters. The predicted octanol–water partition coefficient (Wildman–Crippen LogP) is 5.04. The van der Waals surface area contributed by atoms with Gasteiger partial charge in [0.05, 0.1) is 18.2 Å². The van der Waals surface area contributed by atoms with Crippen LogP contribution in [-0.4, -0.2) is 28.5 Å². The van der Waals surface area contributed by atoms with Crippen LogP contribution in [-0.2, 0) is 27.1 Å². The first kappa shape index (κ1) is 26.8. The molecule has 0 atom stereocenters. The van der Waals surface area contributed by atoms with Gasteiger partial charge in [0, 0.05) is 18.8 Å². The number of aromatic nitrogens is 2. The molecule has 0 amide bonds. The molecule has 11 heteroatoms. The average molecular weight is 486 g/mol. The van der Waals surface area contributed by atoms with Gasteiger partial charge in [0.2, 0.25) is 5.95 Å². The lowest BCUT2D eigenvalue weighted by molar-refractivity contribution is -0.142. The van der Waals surface area contributed by atoms with Gasteiger partial charge in [0.1, 0.15) is 12.2 Å². The first-order valence-corrected chi connectivity index (χ1v) is 10.2. The highest BCUT2D eigenvalue weighted by Crippen LogP contribution is 2.31. The molecule has 0 spiro atoms. The Bertz CT molecular complexity index is 1180. The Labute approximate surface area is 199 Å². The molecular formula is C24H21F3N4O4. The number of carbonyl (C=O) groups excluding carboxylic acids is 2. The number of esters is 2. The lowest BCUT2D eigenvalue weighted by atomic mass is 10.2. The maximum absolute atomic E-state index is 13.4. The van der Waals surface area contributed by atoms with E-state index in [9.17, 15) is 22.8 Å². The van der Waals surface area contributed by atoms with Crippen LogP contribution >= 0.6 is 0 Å². The van der Waals surface area contributed by atoms with Gasteiger partial charge in [-0.3, -0.25) is 4.79 Å². The van der Waals surface area contributed by atoms with Crippen molar-refractivity contribution >= 4 is 23.6 Å². The summed E-state index contributed by atoms with van der Waals surface area (Å²) in [5.41, 5.74) is -0.768. The number of nitrogens with one attached hydrogen (secondary N) is 1. The third kappa shape index (κ3) is 8.77. The smallest absolute Gasteiger partial charge is 0.434 e. The van der Waals surface area contributed by atoms with Crippen LogP contribution in [0.2, 0.25) is 0 Å². The maximum atomic E-state index is 13.4. The maximum Gasteiger partial charge on any atom is 0.434 e. The van der Waals surface area contributed by atoms with E-state index in [0.29, 0.717) is 23.4 Å². The molecule has 8 nitrogen and oxygen atoms in total. The minimum absolute atomic E-state index is 0.178. The molecular weight excluding hydrogens is 465 g/mol. The van der Waals surface area contributed by atoms with Gasteiger partial charge in [-0.1, -0.05) is 30.3 Å². The Kier molecular flexibility index (Phi) is 9.71. The van der Waals surface area contributed by atoms with E-state index in [0.717, 1.165) is 6.20 Å². The number of ether oxygens (including phenoxy) is 2. The lowest BCUT2D eigenvalue weighted by Gasteiger charge is -2.13. The van der Waals surface area contributed by atoms with Crippen molar-refractivity contribution in [1.82, 2.24) is 9.97 Å². The van der Waals surface area contributed by atoms with Gasteiger partial charge in [-0.25, -0.2) is 14.8 Å². The molecule has 0 aliphatic heterocycles. The SMILES string of the molecule is CCOC(C)=O.N#Cc1ccc(Nc2ncc(C(=O)OCc3ccccc3)c(C(F)(F)F)n2)cc1. The normalized spacial score (nSPS) is 10.3. The van der Waals surface area contributed by atoms with E-state index in [-0.39, 0.29) is 18.5 Å². The molecule has 3 aromatic rings. The summed E-state index contributed by atoms with van der Waals surface area (Å²) in [5, 5.41) is 11.4. The summed E-state index contributed by atoms with van der Waals surface area (Å²) < 4.78 is 49.6. The molecule has 0 radical (unpaired) electrons. The number of rotatable bonds is 6. The van der Waals surface area contributed by atoms with Crippen LogP contribution in [0.5, 0.6) is 0 Å². The van der Waals surface area contributed by atoms with Crippen molar-refractivity contribution in [2.45, 2.75) is 26.6 Å². The van der Waals surface area contributed by atoms with Gasteiger partial charge in [-0.2, -0.15) is 18.4 Å². The van der Waals surface area contributed by atoms with Crippen LogP contribution in [0.15, 0.2) is 60.8 Å². The molecule has 35 heavy (non-hydrogen) atoms. The van der Waals surface area contributed by atoms with Crippen LogP contribution in [0.3, 0.4) is 0 Å². The molecule has 3 rings (SSSR count). The fourth-order valence-corrected chi connectivity index (χ4v) is 2.57. The van der Waals surface area contributed by atoms with Gasteiger partial charge < -0.3 is 14.8 Å². The number of carbonyl (C=O) groups is 2. The van der Waals surface area contributed by atoms with E-state index in [4.69, 9.17) is 10.00 Å². The minimum Gasteiger partial charge on any atom is -0.466 e. The third-order valence-electron chi connectivity index (χ3n) is 4.11. The van der Waals surface area contributed by atoms with E-state index in [2.05, 4.69) is 20.0 Å². The number of anilines is 2. The van der Waals surface area contributed by atoms with Crippen molar-refractivity contribution in [2.24, 2.45) is 0 Å².